The Morgan fingerprint density at radius 2 is 1.58 bits per heavy atom. The highest BCUT2D eigenvalue weighted by Crippen LogP contribution is 2.40. The first kappa shape index (κ1) is 25.5. The maximum atomic E-state index is 13.8. The van der Waals surface area contributed by atoms with Crippen molar-refractivity contribution in [1.82, 2.24) is 0 Å². The van der Waals surface area contributed by atoms with Crippen LogP contribution in [0.1, 0.15) is 31.1 Å². The van der Waals surface area contributed by atoms with E-state index in [-0.39, 0.29) is 6.10 Å². The number of benzene rings is 3. The summed E-state index contributed by atoms with van der Waals surface area (Å²) in [5.74, 6) is -1.32. The Balaban J connectivity index is 1.73. The van der Waals surface area contributed by atoms with Gasteiger partial charge in [0.25, 0.3) is 11.8 Å². The van der Waals surface area contributed by atoms with E-state index in [2.05, 4.69) is 0 Å². The Bertz CT molecular complexity index is 1310. The Hall–Kier alpha value is -3.55. The lowest BCUT2D eigenvalue weighted by Crippen LogP contribution is -2.35. The van der Waals surface area contributed by atoms with Crippen LogP contribution in [-0.4, -0.2) is 30.4 Å². The molecule has 2 amide bonds. The van der Waals surface area contributed by atoms with Crippen LogP contribution in [0.3, 0.4) is 0 Å². The number of carbonyl (C=O) groups is 3. The van der Waals surface area contributed by atoms with E-state index in [0.29, 0.717) is 33.4 Å². The van der Waals surface area contributed by atoms with Crippen LogP contribution in [0, 0.1) is 0 Å². The van der Waals surface area contributed by atoms with E-state index in [9.17, 15) is 14.4 Å². The quantitative estimate of drug-likeness (QED) is 0.256. The van der Waals surface area contributed by atoms with Crippen LogP contribution in [0.4, 0.5) is 11.4 Å². The first-order valence-corrected chi connectivity index (χ1v) is 12.7. The Morgan fingerprint density at radius 1 is 0.944 bits per heavy atom. The van der Waals surface area contributed by atoms with Crippen molar-refractivity contribution in [1.29, 1.82) is 0 Å². The number of hydrogen-bond donors (Lipinski definition) is 0. The summed E-state index contributed by atoms with van der Waals surface area (Å²) in [6.07, 6.45) is -0.254. The van der Waals surface area contributed by atoms with E-state index >= 15 is 0 Å². The van der Waals surface area contributed by atoms with Crippen LogP contribution in [0.15, 0.2) is 94.4 Å². The molecule has 0 saturated carbocycles. The van der Waals surface area contributed by atoms with Crippen molar-refractivity contribution in [2.75, 3.05) is 16.3 Å². The normalized spacial score (nSPS) is 13.5. The van der Waals surface area contributed by atoms with E-state index in [4.69, 9.17) is 16.3 Å². The molecule has 3 aromatic rings. The average molecular weight is 521 g/mol. The Morgan fingerprint density at radius 3 is 2.17 bits per heavy atom. The first-order valence-electron chi connectivity index (χ1n) is 11.5. The zero-order chi connectivity index (χ0) is 25.8. The van der Waals surface area contributed by atoms with E-state index in [1.54, 1.807) is 50.2 Å². The predicted octanol–water partition coefficient (Wildman–Crippen LogP) is 6.31. The molecule has 0 aliphatic carbocycles. The number of imide groups is 1. The van der Waals surface area contributed by atoms with Crippen molar-refractivity contribution in [3.8, 4) is 0 Å². The van der Waals surface area contributed by atoms with Gasteiger partial charge in [0.1, 0.15) is 10.6 Å². The highest BCUT2D eigenvalue weighted by atomic mass is 35.5. The summed E-state index contributed by atoms with van der Waals surface area (Å²) in [6, 6.07) is 22.9. The molecule has 1 aliphatic heterocycles. The lowest BCUT2D eigenvalue weighted by atomic mass is 10.2. The second-order valence-electron chi connectivity index (χ2n) is 8.26. The number of anilines is 2. The van der Waals surface area contributed by atoms with Crippen LogP contribution in [0.25, 0.3) is 0 Å². The molecule has 0 unspecified atom stereocenters. The van der Waals surface area contributed by atoms with Crippen molar-refractivity contribution < 1.29 is 19.1 Å². The molecule has 6 nitrogen and oxygen atoms in total. The van der Waals surface area contributed by atoms with E-state index < -0.39 is 17.8 Å². The van der Waals surface area contributed by atoms with Crippen LogP contribution in [0.5, 0.6) is 0 Å². The maximum absolute atomic E-state index is 13.8. The molecule has 0 spiro atoms. The van der Waals surface area contributed by atoms with Crippen molar-refractivity contribution in [2.24, 2.45) is 0 Å². The molecule has 0 atom stereocenters. The van der Waals surface area contributed by atoms with Crippen molar-refractivity contribution in [2.45, 2.75) is 31.8 Å². The minimum Gasteiger partial charge on any atom is -0.459 e. The number of para-hydroxylation sites is 1. The van der Waals surface area contributed by atoms with Crippen molar-refractivity contribution >= 4 is 52.5 Å². The van der Waals surface area contributed by atoms with Gasteiger partial charge in [0, 0.05) is 22.2 Å². The van der Waals surface area contributed by atoms with Gasteiger partial charge in [0.2, 0.25) is 0 Å². The number of amides is 2. The largest absolute Gasteiger partial charge is 0.459 e. The van der Waals surface area contributed by atoms with Gasteiger partial charge in [0.15, 0.2) is 0 Å². The van der Waals surface area contributed by atoms with Gasteiger partial charge in [-0.15, -0.1) is 0 Å². The molecule has 0 radical (unpaired) electrons. The zero-order valence-electron chi connectivity index (χ0n) is 20.1. The molecule has 8 heteroatoms. The fraction of sp³-hybridized carbons (Fsp3) is 0.179. The zero-order valence-corrected chi connectivity index (χ0v) is 21.7. The molecular formula is C28H25ClN2O4S. The van der Waals surface area contributed by atoms with E-state index in [0.717, 1.165) is 15.5 Å². The molecule has 0 bridgehead atoms. The number of thioether (sulfide) groups is 1. The second-order valence-corrected chi connectivity index (χ2v) is 9.78. The molecule has 0 saturated heterocycles. The fourth-order valence-corrected chi connectivity index (χ4v) is 4.90. The summed E-state index contributed by atoms with van der Waals surface area (Å²) in [5, 5.41) is 0.583. The van der Waals surface area contributed by atoms with Gasteiger partial charge >= 0.3 is 5.97 Å². The van der Waals surface area contributed by atoms with Gasteiger partial charge in [-0.3, -0.25) is 9.59 Å². The van der Waals surface area contributed by atoms with E-state index in [1.165, 1.54) is 11.8 Å². The first-order chi connectivity index (χ1) is 17.3. The predicted molar refractivity (Wildman–Crippen MR) is 143 cm³/mol. The number of likely N-dealkylation sites (N-methyl/N-ethyl adjacent to an activating group) is 1. The summed E-state index contributed by atoms with van der Waals surface area (Å²) in [4.78, 5) is 43.8. The number of ether oxygens (including phenoxy) is 1. The van der Waals surface area contributed by atoms with Gasteiger partial charge in [-0.25, -0.2) is 9.69 Å². The SMILES string of the molecule is CCN(C1=C(Sc2ccc(Cl)cc2)C(=O)N(c2ccc(C(=O)OC(C)C)cc2)C1=O)c1ccccc1. The third-order valence-electron chi connectivity index (χ3n) is 5.41. The van der Waals surface area contributed by atoms with Crippen molar-refractivity contribution in [3.05, 3.63) is 100 Å². The number of esters is 1. The van der Waals surface area contributed by atoms with Gasteiger partial charge in [-0.2, -0.15) is 0 Å². The fourth-order valence-electron chi connectivity index (χ4n) is 3.79. The third kappa shape index (κ3) is 5.32. The lowest BCUT2D eigenvalue weighted by molar-refractivity contribution is -0.120. The van der Waals surface area contributed by atoms with Gasteiger partial charge in [0.05, 0.1) is 17.4 Å². The molecule has 3 aromatic carbocycles. The molecular weight excluding hydrogens is 496 g/mol. The van der Waals surface area contributed by atoms with Crippen LogP contribution >= 0.6 is 23.4 Å². The summed E-state index contributed by atoms with van der Waals surface area (Å²) in [7, 11) is 0. The summed E-state index contributed by atoms with van der Waals surface area (Å²) >= 11 is 7.26. The number of hydrogen-bond acceptors (Lipinski definition) is 6. The summed E-state index contributed by atoms with van der Waals surface area (Å²) < 4.78 is 5.23. The number of rotatable bonds is 8. The minimum absolute atomic E-state index is 0.254. The molecule has 0 fully saturated rings. The number of carbonyl (C=O) groups excluding carboxylic acids is 3. The summed E-state index contributed by atoms with van der Waals surface area (Å²) in [5.41, 5.74) is 1.82. The van der Waals surface area contributed by atoms with Crippen LogP contribution in [0.2, 0.25) is 5.02 Å². The lowest BCUT2D eigenvalue weighted by Gasteiger charge is -2.24. The molecule has 1 aliphatic rings. The minimum atomic E-state index is -0.463. The smallest absolute Gasteiger partial charge is 0.338 e. The maximum Gasteiger partial charge on any atom is 0.338 e. The summed E-state index contributed by atoms with van der Waals surface area (Å²) in [6.45, 7) is 5.96. The van der Waals surface area contributed by atoms with Crippen molar-refractivity contribution in [3.63, 3.8) is 0 Å². The number of nitrogens with zero attached hydrogens (tertiary/aromatic N) is 2. The van der Waals surface area contributed by atoms with Crippen LogP contribution < -0.4 is 9.80 Å². The molecule has 36 heavy (non-hydrogen) atoms. The third-order valence-corrected chi connectivity index (χ3v) is 6.74. The highest BCUT2D eigenvalue weighted by molar-refractivity contribution is 8.04. The Labute approximate surface area is 219 Å². The van der Waals surface area contributed by atoms with Crippen LogP contribution in [-0.2, 0) is 14.3 Å². The van der Waals surface area contributed by atoms with Gasteiger partial charge < -0.3 is 9.64 Å². The second kappa shape index (κ2) is 11.0. The molecule has 184 valence electrons. The Kier molecular flexibility index (Phi) is 7.82. The molecule has 0 aromatic heterocycles. The molecule has 0 N–H and O–H groups in total. The average Bonchev–Trinajstić information content (AvgIpc) is 3.10. The highest BCUT2D eigenvalue weighted by Gasteiger charge is 2.42. The molecule has 4 rings (SSSR count). The standard InChI is InChI=1S/C28H25ClN2O4S/c1-4-30(21-8-6-5-7-9-21)24-25(36-23-16-12-20(29)13-17-23)27(33)31(26(24)32)22-14-10-19(11-15-22)28(34)35-18(2)3/h5-18H,4H2,1-3H3. The topological polar surface area (TPSA) is 66.9 Å². The van der Waals surface area contributed by atoms with Gasteiger partial charge in [-0.1, -0.05) is 41.6 Å². The van der Waals surface area contributed by atoms with E-state index in [1.807, 2.05) is 54.3 Å². The monoisotopic (exact) mass is 520 g/mol. The number of halogens is 1. The van der Waals surface area contributed by atoms with Gasteiger partial charge in [-0.05, 0) is 81.4 Å². The molecule has 1 heterocycles.